The van der Waals surface area contributed by atoms with Crippen LogP contribution in [0.1, 0.15) is 33.5 Å². The summed E-state index contributed by atoms with van der Waals surface area (Å²) in [6.07, 6.45) is 1.56. The van der Waals surface area contributed by atoms with Crippen LogP contribution in [-0.2, 0) is 17.0 Å². The molecule has 1 aliphatic rings. The van der Waals surface area contributed by atoms with E-state index in [4.69, 9.17) is 5.11 Å². The molecule has 0 spiro atoms. The molecule has 1 unspecified atom stereocenters. The van der Waals surface area contributed by atoms with Gasteiger partial charge >= 0.3 is 5.97 Å². The van der Waals surface area contributed by atoms with Crippen LogP contribution < -0.4 is 0 Å². The van der Waals surface area contributed by atoms with Crippen LogP contribution in [0.3, 0.4) is 0 Å². The minimum Gasteiger partial charge on any atom is -0.481 e. The Morgan fingerprint density at radius 3 is 2.90 bits per heavy atom. The lowest BCUT2D eigenvalue weighted by molar-refractivity contribution is -0.138. The smallest absolute Gasteiger partial charge is 0.312 e. The number of thiazole rings is 1. The zero-order valence-electron chi connectivity index (χ0n) is 11.1. The number of carbonyl (C=O) groups is 1. The number of rotatable bonds is 4. The van der Waals surface area contributed by atoms with Crippen molar-refractivity contribution < 1.29 is 9.90 Å². The van der Waals surface area contributed by atoms with Crippen LogP contribution in [0.2, 0.25) is 0 Å². The van der Waals surface area contributed by atoms with Crippen molar-refractivity contribution in [3.63, 3.8) is 0 Å². The van der Waals surface area contributed by atoms with E-state index in [2.05, 4.69) is 36.2 Å². The largest absolute Gasteiger partial charge is 0.481 e. The summed E-state index contributed by atoms with van der Waals surface area (Å²) in [7, 11) is 0. The van der Waals surface area contributed by atoms with Crippen molar-refractivity contribution in [3.8, 4) is 0 Å². The van der Waals surface area contributed by atoms with E-state index in [-0.39, 0.29) is 5.92 Å². The summed E-state index contributed by atoms with van der Waals surface area (Å²) in [6, 6.07) is 8.43. The Morgan fingerprint density at radius 1 is 1.45 bits per heavy atom. The summed E-state index contributed by atoms with van der Waals surface area (Å²) < 4.78 is 0. The first-order valence-electron chi connectivity index (χ1n) is 6.54. The van der Waals surface area contributed by atoms with Gasteiger partial charge in [0.25, 0.3) is 0 Å². The number of nitrogens with zero attached hydrogens (tertiary/aromatic N) is 1. The number of aromatic nitrogens is 1. The molecule has 0 saturated heterocycles. The molecule has 0 radical (unpaired) electrons. The van der Waals surface area contributed by atoms with Gasteiger partial charge in [-0.25, -0.2) is 4.98 Å². The molecule has 104 valence electrons. The Morgan fingerprint density at radius 2 is 2.20 bits per heavy atom. The van der Waals surface area contributed by atoms with Crippen LogP contribution in [0.4, 0.5) is 0 Å². The summed E-state index contributed by atoms with van der Waals surface area (Å²) in [5.74, 6) is -0.321. The highest BCUT2D eigenvalue weighted by atomic mass is 32.2. The third-order valence-electron chi connectivity index (χ3n) is 3.44. The molecule has 0 aliphatic heterocycles. The van der Waals surface area contributed by atoms with Gasteiger partial charge in [-0.15, -0.1) is 23.1 Å². The maximum Gasteiger partial charge on any atom is 0.312 e. The summed E-state index contributed by atoms with van der Waals surface area (Å²) in [5.41, 5.74) is 2.06. The summed E-state index contributed by atoms with van der Waals surface area (Å²) in [6.45, 7) is 2.08. The molecule has 5 heteroatoms. The van der Waals surface area contributed by atoms with Crippen LogP contribution in [0.15, 0.2) is 29.2 Å². The number of carboxylic acids is 1. The molecule has 3 nitrogen and oxygen atoms in total. The van der Waals surface area contributed by atoms with Crippen molar-refractivity contribution in [3.05, 3.63) is 45.4 Å². The highest BCUT2D eigenvalue weighted by molar-refractivity contribution is 7.98. The molecule has 3 rings (SSSR count). The predicted molar refractivity (Wildman–Crippen MR) is 81.6 cm³/mol. The zero-order valence-corrected chi connectivity index (χ0v) is 12.8. The van der Waals surface area contributed by atoms with E-state index in [1.54, 1.807) is 23.1 Å². The van der Waals surface area contributed by atoms with Crippen LogP contribution in [-0.4, -0.2) is 16.1 Å². The van der Waals surface area contributed by atoms with Crippen molar-refractivity contribution in [2.45, 2.75) is 36.3 Å². The standard InChI is InChI=1S/C15H15NO2S2/c1-9-2-4-10(5-3-9)19-8-13-16-14-11(15(17)18)6-7-12(14)20-13/h2-5,11H,6-8H2,1H3,(H,17,18). The monoisotopic (exact) mass is 305 g/mol. The first-order valence-corrected chi connectivity index (χ1v) is 8.34. The third kappa shape index (κ3) is 2.74. The van der Waals surface area contributed by atoms with Gasteiger partial charge in [-0.05, 0) is 31.9 Å². The predicted octanol–water partition coefficient (Wildman–Crippen LogP) is 3.86. The molecule has 0 amide bonds. The third-order valence-corrected chi connectivity index (χ3v) is 5.78. The second kappa shape index (κ2) is 5.58. The fraction of sp³-hybridized carbons (Fsp3) is 0.333. The summed E-state index contributed by atoms with van der Waals surface area (Å²) >= 11 is 3.42. The molecule has 0 bridgehead atoms. The van der Waals surface area contributed by atoms with Crippen molar-refractivity contribution in [2.24, 2.45) is 0 Å². The molecule has 2 aromatic rings. The molecule has 0 fully saturated rings. The Balaban J connectivity index is 1.69. The molecule has 1 aromatic heterocycles. The minimum atomic E-state index is -0.744. The number of hydrogen-bond acceptors (Lipinski definition) is 4. The number of fused-ring (bicyclic) bond motifs is 1. The molecule has 1 aromatic carbocycles. The number of benzene rings is 1. The molecular formula is C15H15NO2S2. The van der Waals surface area contributed by atoms with E-state index in [9.17, 15) is 4.79 Å². The van der Waals surface area contributed by atoms with Gasteiger partial charge in [-0.2, -0.15) is 0 Å². The number of thioether (sulfide) groups is 1. The maximum atomic E-state index is 11.1. The zero-order chi connectivity index (χ0) is 14.1. The molecular weight excluding hydrogens is 290 g/mol. The van der Waals surface area contributed by atoms with Gasteiger partial charge in [0.15, 0.2) is 0 Å². The first-order chi connectivity index (χ1) is 9.63. The van der Waals surface area contributed by atoms with Gasteiger partial charge in [-0.3, -0.25) is 4.79 Å². The van der Waals surface area contributed by atoms with E-state index in [1.165, 1.54) is 10.5 Å². The van der Waals surface area contributed by atoms with Gasteiger partial charge < -0.3 is 5.11 Å². The fourth-order valence-electron chi connectivity index (χ4n) is 2.36. The van der Waals surface area contributed by atoms with E-state index in [1.807, 2.05) is 0 Å². The Labute approximate surface area is 126 Å². The number of aryl methyl sites for hydroxylation is 2. The van der Waals surface area contributed by atoms with Gasteiger partial charge in [0, 0.05) is 9.77 Å². The second-order valence-electron chi connectivity index (χ2n) is 4.95. The quantitative estimate of drug-likeness (QED) is 0.872. The van der Waals surface area contributed by atoms with Gasteiger partial charge in [-0.1, -0.05) is 17.7 Å². The van der Waals surface area contributed by atoms with Crippen LogP contribution in [0.5, 0.6) is 0 Å². The summed E-state index contributed by atoms with van der Waals surface area (Å²) in [5, 5.41) is 10.2. The van der Waals surface area contributed by atoms with E-state index >= 15 is 0 Å². The average Bonchev–Trinajstić information content (AvgIpc) is 2.97. The topological polar surface area (TPSA) is 50.2 Å². The molecule has 1 N–H and O–H groups in total. The highest BCUT2D eigenvalue weighted by Crippen LogP contribution is 2.38. The van der Waals surface area contributed by atoms with Crippen LogP contribution in [0.25, 0.3) is 0 Å². The van der Waals surface area contributed by atoms with Gasteiger partial charge in [0.05, 0.1) is 11.4 Å². The fourth-order valence-corrected chi connectivity index (χ4v) is 4.40. The summed E-state index contributed by atoms with van der Waals surface area (Å²) in [4.78, 5) is 18.1. The van der Waals surface area contributed by atoms with Gasteiger partial charge in [0.2, 0.25) is 0 Å². The average molecular weight is 305 g/mol. The van der Waals surface area contributed by atoms with Crippen LogP contribution in [0, 0.1) is 6.92 Å². The molecule has 1 aliphatic carbocycles. The van der Waals surface area contributed by atoms with E-state index < -0.39 is 5.97 Å². The first kappa shape index (κ1) is 13.6. The number of hydrogen-bond donors (Lipinski definition) is 1. The van der Waals surface area contributed by atoms with E-state index in [0.29, 0.717) is 6.42 Å². The SMILES string of the molecule is Cc1ccc(SCc2nc3c(s2)CCC3C(=O)O)cc1. The molecule has 20 heavy (non-hydrogen) atoms. The second-order valence-corrected chi connectivity index (χ2v) is 7.16. The van der Waals surface area contributed by atoms with Gasteiger partial charge in [0.1, 0.15) is 10.9 Å². The lowest BCUT2D eigenvalue weighted by Gasteiger charge is -2.02. The molecule has 1 atom stereocenters. The normalized spacial score (nSPS) is 17.1. The maximum absolute atomic E-state index is 11.1. The lowest BCUT2D eigenvalue weighted by Crippen LogP contribution is -2.08. The van der Waals surface area contributed by atoms with E-state index in [0.717, 1.165) is 27.8 Å². The van der Waals surface area contributed by atoms with Crippen molar-refractivity contribution >= 4 is 29.1 Å². The number of aliphatic carboxylic acids is 1. The van der Waals surface area contributed by atoms with Crippen molar-refractivity contribution in [1.29, 1.82) is 0 Å². The minimum absolute atomic E-state index is 0.389. The Bertz CT molecular complexity index is 634. The van der Waals surface area contributed by atoms with Crippen LogP contribution >= 0.6 is 23.1 Å². The highest BCUT2D eigenvalue weighted by Gasteiger charge is 2.32. The molecule has 1 heterocycles. The lowest BCUT2D eigenvalue weighted by atomic mass is 10.1. The van der Waals surface area contributed by atoms with Crippen molar-refractivity contribution in [2.75, 3.05) is 0 Å². The molecule has 0 saturated carbocycles. The van der Waals surface area contributed by atoms with Crippen molar-refractivity contribution in [1.82, 2.24) is 4.98 Å². The Kier molecular flexibility index (Phi) is 3.81. The Hall–Kier alpha value is -1.33. The number of carboxylic acid groups (broad SMARTS) is 1.